The Morgan fingerprint density at radius 3 is 1.94 bits per heavy atom. The number of aromatic hydroxyl groups is 1. The number of hydrogen-bond donors (Lipinski definition) is 1. The zero-order chi connectivity index (χ0) is 25.6. The summed E-state index contributed by atoms with van der Waals surface area (Å²) in [5, 5.41) is 13.3. The van der Waals surface area contributed by atoms with Crippen LogP contribution in [0.4, 0.5) is 0 Å². The number of phenols is 1. The zero-order valence-corrected chi connectivity index (χ0v) is 22.1. The first-order valence-electron chi connectivity index (χ1n) is 13.1. The molecule has 184 valence electrons. The fourth-order valence-electron chi connectivity index (χ4n) is 6.08. The maximum atomic E-state index is 14.2. The summed E-state index contributed by atoms with van der Waals surface area (Å²) in [6.45, 7) is 12.8. The summed E-state index contributed by atoms with van der Waals surface area (Å²) in [7, 11) is 0. The van der Waals surface area contributed by atoms with Gasteiger partial charge in [-0.05, 0) is 81.0 Å². The summed E-state index contributed by atoms with van der Waals surface area (Å²) in [6, 6.07) is 20.7. The van der Waals surface area contributed by atoms with E-state index in [9.17, 15) is 9.90 Å². The van der Waals surface area contributed by atoms with E-state index < -0.39 is 0 Å². The van der Waals surface area contributed by atoms with Gasteiger partial charge in [0.05, 0.1) is 11.7 Å². The van der Waals surface area contributed by atoms with Gasteiger partial charge in [-0.25, -0.2) is 0 Å². The van der Waals surface area contributed by atoms with Crippen LogP contribution in [0, 0.1) is 0 Å². The predicted octanol–water partition coefficient (Wildman–Crippen LogP) is 7.80. The van der Waals surface area contributed by atoms with Gasteiger partial charge in [0, 0.05) is 10.9 Å². The molecular formula is C33H35NO2. The molecule has 1 fully saturated rings. The van der Waals surface area contributed by atoms with Gasteiger partial charge in [-0.2, -0.15) is 0 Å². The third-order valence-corrected chi connectivity index (χ3v) is 7.98. The average Bonchev–Trinajstić information content (AvgIpc) is 3.59. The van der Waals surface area contributed by atoms with Crippen LogP contribution in [0.5, 0.6) is 5.75 Å². The molecule has 4 aromatic rings. The quantitative estimate of drug-likeness (QED) is 0.282. The van der Waals surface area contributed by atoms with E-state index in [1.54, 1.807) is 0 Å². The van der Waals surface area contributed by atoms with Crippen molar-refractivity contribution >= 4 is 10.8 Å². The van der Waals surface area contributed by atoms with Crippen LogP contribution in [0.2, 0.25) is 0 Å². The summed E-state index contributed by atoms with van der Waals surface area (Å²) in [5.41, 5.74) is 7.23. The van der Waals surface area contributed by atoms with Gasteiger partial charge in [0.2, 0.25) is 0 Å². The van der Waals surface area contributed by atoms with Crippen LogP contribution in [-0.4, -0.2) is 9.67 Å². The molecule has 1 atom stereocenters. The first-order valence-corrected chi connectivity index (χ1v) is 13.1. The van der Waals surface area contributed by atoms with Gasteiger partial charge in [-0.1, -0.05) is 84.0 Å². The number of nitrogens with zero attached hydrogens (tertiary/aromatic N) is 1. The summed E-state index contributed by atoms with van der Waals surface area (Å²) >= 11 is 0. The minimum absolute atomic E-state index is 0.0638. The lowest BCUT2D eigenvalue weighted by Crippen LogP contribution is -2.26. The van der Waals surface area contributed by atoms with Crippen molar-refractivity contribution in [1.82, 2.24) is 4.57 Å². The second-order valence-corrected chi connectivity index (χ2v) is 12.7. The molecule has 3 aromatic carbocycles. The molecule has 2 heterocycles. The van der Waals surface area contributed by atoms with Gasteiger partial charge in [-0.15, -0.1) is 0 Å². The molecule has 2 aliphatic rings. The highest BCUT2D eigenvalue weighted by atomic mass is 16.3. The predicted molar refractivity (Wildman–Crippen MR) is 148 cm³/mol. The third kappa shape index (κ3) is 3.36. The van der Waals surface area contributed by atoms with Crippen molar-refractivity contribution in [2.75, 3.05) is 0 Å². The lowest BCUT2D eigenvalue weighted by Gasteiger charge is -2.30. The molecule has 1 aromatic heterocycles. The lowest BCUT2D eigenvalue weighted by molar-refractivity contribution is 0.422. The summed E-state index contributed by atoms with van der Waals surface area (Å²) in [6.07, 6.45) is 2.34. The number of phenolic OH excluding ortho intramolecular Hbond substituents is 1. The molecule has 1 aliphatic heterocycles. The smallest absolute Gasteiger partial charge is 0.259 e. The highest BCUT2D eigenvalue weighted by Crippen LogP contribution is 2.53. The van der Waals surface area contributed by atoms with Crippen LogP contribution in [-0.2, 0) is 10.8 Å². The van der Waals surface area contributed by atoms with E-state index in [0.29, 0.717) is 11.7 Å². The Labute approximate surface area is 213 Å². The number of aromatic nitrogens is 1. The third-order valence-electron chi connectivity index (χ3n) is 7.98. The first kappa shape index (κ1) is 23.1. The first-order chi connectivity index (χ1) is 17.0. The molecule has 3 heteroatoms. The second kappa shape index (κ2) is 7.59. The minimum Gasteiger partial charge on any atom is -0.507 e. The Balaban J connectivity index is 1.74. The Morgan fingerprint density at radius 2 is 1.36 bits per heavy atom. The molecule has 0 amide bonds. The van der Waals surface area contributed by atoms with Crippen LogP contribution in [0.25, 0.3) is 22.0 Å². The molecule has 6 rings (SSSR count). The number of rotatable bonds is 2. The van der Waals surface area contributed by atoms with Crippen LogP contribution in [0.1, 0.15) is 94.2 Å². The topological polar surface area (TPSA) is 42.2 Å². The van der Waals surface area contributed by atoms with E-state index in [1.165, 1.54) is 18.4 Å². The fourth-order valence-corrected chi connectivity index (χ4v) is 6.08. The molecule has 0 saturated heterocycles. The molecule has 1 N–H and O–H groups in total. The zero-order valence-electron chi connectivity index (χ0n) is 22.1. The minimum atomic E-state index is -0.242. The monoisotopic (exact) mass is 477 g/mol. The number of fused-ring (bicyclic) bond motifs is 4. The molecule has 1 aliphatic carbocycles. The average molecular weight is 478 g/mol. The maximum absolute atomic E-state index is 14.2. The van der Waals surface area contributed by atoms with Crippen molar-refractivity contribution in [2.45, 2.75) is 77.2 Å². The van der Waals surface area contributed by atoms with E-state index in [1.807, 2.05) is 18.2 Å². The molecule has 1 unspecified atom stereocenters. The highest BCUT2D eigenvalue weighted by molar-refractivity contribution is 5.93. The van der Waals surface area contributed by atoms with Crippen molar-refractivity contribution in [3.05, 3.63) is 98.8 Å². The van der Waals surface area contributed by atoms with E-state index >= 15 is 0 Å². The van der Waals surface area contributed by atoms with Gasteiger partial charge in [0.1, 0.15) is 5.75 Å². The number of pyridine rings is 1. The molecular weight excluding hydrogens is 442 g/mol. The van der Waals surface area contributed by atoms with Crippen molar-refractivity contribution in [3.8, 4) is 17.0 Å². The number of benzene rings is 3. The lowest BCUT2D eigenvalue weighted by atomic mass is 9.77. The fraction of sp³-hybridized carbons (Fsp3) is 0.364. The summed E-state index contributed by atoms with van der Waals surface area (Å²) in [4.78, 5) is 14.2. The van der Waals surface area contributed by atoms with Gasteiger partial charge in [0.25, 0.3) is 5.56 Å². The maximum Gasteiger partial charge on any atom is 0.259 e. The Kier molecular flexibility index (Phi) is 4.87. The summed E-state index contributed by atoms with van der Waals surface area (Å²) in [5.74, 6) is 0.869. The van der Waals surface area contributed by atoms with Crippen molar-refractivity contribution in [3.63, 3.8) is 0 Å². The largest absolute Gasteiger partial charge is 0.507 e. The molecule has 1 saturated carbocycles. The van der Waals surface area contributed by atoms with Crippen molar-refractivity contribution < 1.29 is 5.11 Å². The normalized spacial score (nSPS) is 17.3. The molecule has 0 radical (unpaired) electrons. The van der Waals surface area contributed by atoms with E-state index in [4.69, 9.17) is 0 Å². The Morgan fingerprint density at radius 1 is 0.806 bits per heavy atom. The molecule has 0 bridgehead atoms. The standard InChI is InChI=1S/C33H35NO2/c1-32(2,3)25-17-20(18-26(30(25)35)33(4,5)6)28-22-12-8-9-13-23(22)29-27(19-15-16-19)21-11-7-10-14-24(21)31(36)34(28)29/h7-14,17-19,28,35H,15-16H2,1-6H3. The van der Waals surface area contributed by atoms with E-state index in [-0.39, 0.29) is 22.4 Å². The van der Waals surface area contributed by atoms with Crippen LogP contribution in [0.15, 0.2) is 65.5 Å². The summed E-state index contributed by atoms with van der Waals surface area (Å²) < 4.78 is 2.06. The molecule has 3 nitrogen and oxygen atoms in total. The van der Waals surface area contributed by atoms with Crippen molar-refractivity contribution in [2.24, 2.45) is 0 Å². The SMILES string of the molecule is CC(C)(C)c1cc(C2c3ccccc3-c3c(C4CC4)c4ccccc4c(=O)n32)cc(C(C)(C)C)c1O. The second-order valence-electron chi connectivity index (χ2n) is 12.7. The molecule has 0 spiro atoms. The number of hydrogen-bond acceptors (Lipinski definition) is 2. The van der Waals surface area contributed by atoms with Gasteiger partial charge < -0.3 is 5.11 Å². The van der Waals surface area contributed by atoms with Crippen LogP contribution in [0.3, 0.4) is 0 Å². The van der Waals surface area contributed by atoms with Crippen molar-refractivity contribution in [1.29, 1.82) is 0 Å². The van der Waals surface area contributed by atoms with E-state index in [0.717, 1.165) is 44.3 Å². The Bertz CT molecular complexity index is 1550. The van der Waals surface area contributed by atoms with Crippen LogP contribution < -0.4 is 5.56 Å². The van der Waals surface area contributed by atoms with Gasteiger partial charge in [-0.3, -0.25) is 9.36 Å². The van der Waals surface area contributed by atoms with E-state index in [2.05, 4.69) is 88.6 Å². The Hall–Kier alpha value is -3.33. The van der Waals surface area contributed by atoms with Crippen LogP contribution >= 0.6 is 0 Å². The highest BCUT2D eigenvalue weighted by Gasteiger charge is 2.39. The van der Waals surface area contributed by atoms with Gasteiger partial charge >= 0.3 is 0 Å². The molecule has 36 heavy (non-hydrogen) atoms. The van der Waals surface area contributed by atoms with Gasteiger partial charge in [0.15, 0.2) is 0 Å².